The number of hydrogen-bond acceptors (Lipinski definition) is 2. The smallest absolute Gasteiger partial charge is 0.0793 e. The lowest BCUT2D eigenvalue weighted by atomic mass is 10.0. The molecule has 1 aromatic rings. The van der Waals surface area contributed by atoms with E-state index in [4.69, 9.17) is 5.73 Å². The van der Waals surface area contributed by atoms with Gasteiger partial charge < -0.3 is 10.8 Å². The molecule has 0 radical (unpaired) electrons. The SMILES string of the molecule is C=C(C)CCC(O)c1ccc(N)cc1. The monoisotopic (exact) mass is 191 g/mol. The van der Waals surface area contributed by atoms with Crippen LogP contribution in [0.5, 0.6) is 0 Å². The zero-order valence-corrected chi connectivity index (χ0v) is 8.53. The van der Waals surface area contributed by atoms with Crippen LogP contribution < -0.4 is 5.73 Å². The second-order valence-corrected chi connectivity index (χ2v) is 3.68. The van der Waals surface area contributed by atoms with E-state index in [2.05, 4.69) is 6.58 Å². The topological polar surface area (TPSA) is 46.2 Å². The van der Waals surface area contributed by atoms with Crippen molar-refractivity contribution >= 4 is 5.69 Å². The first kappa shape index (κ1) is 10.8. The predicted molar refractivity (Wildman–Crippen MR) is 59.9 cm³/mol. The first-order chi connectivity index (χ1) is 6.59. The lowest BCUT2D eigenvalue weighted by Gasteiger charge is -2.10. The summed E-state index contributed by atoms with van der Waals surface area (Å²) in [5, 5.41) is 9.78. The highest BCUT2D eigenvalue weighted by molar-refractivity contribution is 5.39. The van der Waals surface area contributed by atoms with Gasteiger partial charge in [-0.3, -0.25) is 0 Å². The van der Waals surface area contributed by atoms with Crippen molar-refractivity contribution in [3.63, 3.8) is 0 Å². The van der Waals surface area contributed by atoms with Crippen LogP contribution in [0.4, 0.5) is 5.69 Å². The van der Waals surface area contributed by atoms with Crippen molar-refractivity contribution in [3.8, 4) is 0 Å². The highest BCUT2D eigenvalue weighted by Crippen LogP contribution is 2.20. The van der Waals surface area contributed by atoms with Crippen molar-refractivity contribution in [3.05, 3.63) is 42.0 Å². The Kier molecular flexibility index (Phi) is 3.72. The van der Waals surface area contributed by atoms with Crippen molar-refractivity contribution in [1.29, 1.82) is 0 Å². The maximum atomic E-state index is 9.78. The van der Waals surface area contributed by atoms with Gasteiger partial charge in [0.05, 0.1) is 6.10 Å². The van der Waals surface area contributed by atoms with Crippen LogP contribution in [0.2, 0.25) is 0 Å². The Balaban J connectivity index is 2.56. The van der Waals surface area contributed by atoms with Gasteiger partial charge in [-0.2, -0.15) is 0 Å². The van der Waals surface area contributed by atoms with E-state index in [1.807, 2.05) is 19.1 Å². The molecule has 76 valence electrons. The molecular formula is C12H17NO. The fraction of sp³-hybridized carbons (Fsp3) is 0.333. The van der Waals surface area contributed by atoms with Gasteiger partial charge in [0.25, 0.3) is 0 Å². The average Bonchev–Trinajstić information content (AvgIpc) is 2.15. The molecule has 1 unspecified atom stereocenters. The summed E-state index contributed by atoms with van der Waals surface area (Å²) in [6.07, 6.45) is 1.16. The van der Waals surface area contributed by atoms with Crippen molar-refractivity contribution < 1.29 is 5.11 Å². The van der Waals surface area contributed by atoms with Gasteiger partial charge in [-0.25, -0.2) is 0 Å². The Morgan fingerprint density at radius 3 is 2.50 bits per heavy atom. The predicted octanol–water partition coefficient (Wildman–Crippen LogP) is 2.66. The van der Waals surface area contributed by atoms with Gasteiger partial charge in [-0.1, -0.05) is 17.7 Å². The maximum Gasteiger partial charge on any atom is 0.0793 e. The number of nitrogen functional groups attached to an aromatic ring is 1. The number of aliphatic hydroxyl groups excluding tert-OH is 1. The molecule has 0 bridgehead atoms. The molecule has 1 atom stereocenters. The molecular weight excluding hydrogens is 174 g/mol. The van der Waals surface area contributed by atoms with Crippen LogP contribution in [0.1, 0.15) is 31.4 Å². The van der Waals surface area contributed by atoms with Crippen LogP contribution in [0.15, 0.2) is 36.4 Å². The summed E-state index contributed by atoms with van der Waals surface area (Å²) in [4.78, 5) is 0. The van der Waals surface area contributed by atoms with Crippen molar-refractivity contribution in [2.45, 2.75) is 25.9 Å². The Hall–Kier alpha value is -1.28. The summed E-state index contributed by atoms with van der Waals surface area (Å²) in [7, 11) is 0. The van der Waals surface area contributed by atoms with Crippen molar-refractivity contribution in [2.75, 3.05) is 5.73 Å². The van der Waals surface area contributed by atoms with E-state index in [9.17, 15) is 5.11 Å². The van der Waals surface area contributed by atoms with Gasteiger partial charge >= 0.3 is 0 Å². The molecule has 0 spiro atoms. The lowest BCUT2D eigenvalue weighted by Crippen LogP contribution is -1.97. The molecule has 0 fully saturated rings. The minimum Gasteiger partial charge on any atom is -0.399 e. The fourth-order valence-electron chi connectivity index (χ4n) is 1.27. The van der Waals surface area contributed by atoms with E-state index in [0.29, 0.717) is 0 Å². The summed E-state index contributed by atoms with van der Waals surface area (Å²) in [5.74, 6) is 0. The van der Waals surface area contributed by atoms with E-state index in [0.717, 1.165) is 29.7 Å². The lowest BCUT2D eigenvalue weighted by molar-refractivity contribution is 0.168. The van der Waals surface area contributed by atoms with Gasteiger partial charge in [0.1, 0.15) is 0 Å². The van der Waals surface area contributed by atoms with E-state index in [1.54, 1.807) is 12.1 Å². The summed E-state index contributed by atoms with van der Waals surface area (Å²) < 4.78 is 0. The number of allylic oxidation sites excluding steroid dienone is 1. The number of nitrogens with two attached hydrogens (primary N) is 1. The van der Waals surface area contributed by atoms with Gasteiger partial charge in [0.2, 0.25) is 0 Å². The van der Waals surface area contributed by atoms with Crippen LogP contribution in [0, 0.1) is 0 Å². The average molecular weight is 191 g/mol. The molecule has 0 heterocycles. The summed E-state index contributed by atoms with van der Waals surface area (Å²) in [6, 6.07) is 7.33. The fourth-order valence-corrected chi connectivity index (χ4v) is 1.27. The summed E-state index contributed by atoms with van der Waals surface area (Å²) in [6.45, 7) is 5.77. The molecule has 0 amide bonds. The molecule has 14 heavy (non-hydrogen) atoms. The standard InChI is InChI=1S/C12H17NO/c1-9(2)3-8-12(14)10-4-6-11(13)7-5-10/h4-7,12,14H,1,3,8,13H2,2H3. The number of aliphatic hydroxyl groups is 1. The molecule has 0 aromatic heterocycles. The number of benzene rings is 1. The number of rotatable bonds is 4. The Labute approximate surface area is 85.1 Å². The summed E-state index contributed by atoms with van der Waals surface area (Å²) in [5.41, 5.74) is 8.29. The highest BCUT2D eigenvalue weighted by Gasteiger charge is 2.06. The first-order valence-corrected chi connectivity index (χ1v) is 4.77. The molecule has 1 aromatic carbocycles. The van der Waals surface area contributed by atoms with E-state index >= 15 is 0 Å². The molecule has 0 aliphatic carbocycles. The quantitative estimate of drug-likeness (QED) is 0.567. The molecule has 3 N–H and O–H groups in total. The second kappa shape index (κ2) is 4.82. The van der Waals surface area contributed by atoms with Crippen molar-refractivity contribution in [1.82, 2.24) is 0 Å². The van der Waals surface area contributed by atoms with Gasteiger partial charge in [0, 0.05) is 5.69 Å². The third-order valence-electron chi connectivity index (χ3n) is 2.17. The van der Waals surface area contributed by atoms with Crippen LogP contribution >= 0.6 is 0 Å². The second-order valence-electron chi connectivity index (χ2n) is 3.68. The zero-order chi connectivity index (χ0) is 10.6. The van der Waals surface area contributed by atoms with Crippen LogP contribution in [-0.4, -0.2) is 5.11 Å². The largest absolute Gasteiger partial charge is 0.399 e. The zero-order valence-electron chi connectivity index (χ0n) is 8.53. The minimum absolute atomic E-state index is 0.410. The van der Waals surface area contributed by atoms with Crippen LogP contribution in [0.25, 0.3) is 0 Å². The number of hydrogen-bond donors (Lipinski definition) is 2. The molecule has 0 aliphatic heterocycles. The van der Waals surface area contributed by atoms with Crippen LogP contribution in [-0.2, 0) is 0 Å². The molecule has 0 aliphatic rings. The molecule has 2 heteroatoms. The minimum atomic E-state index is -0.410. The third kappa shape index (κ3) is 3.23. The van der Waals surface area contributed by atoms with E-state index < -0.39 is 6.10 Å². The normalized spacial score (nSPS) is 12.4. The third-order valence-corrected chi connectivity index (χ3v) is 2.17. The highest BCUT2D eigenvalue weighted by atomic mass is 16.3. The summed E-state index contributed by atoms with van der Waals surface area (Å²) >= 11 is 0. The maximum absolute atomic E-state index is 9.78. The van der Waals surface area contributed by atoms with E-state index in [1.165, 1.54) is 0 Å². The van der Waals surface area contributed by atoms with Gasteiger partial charge in [-0.15, -0.1) is 6.58 Å². The van der Waals surface area contributed by atoms with E-state index in [-0.39, 0.29) is 0 Å². The molecule has 0 saturated heterocycles. The van der Waals surface area contributed by atoms with Crippen molar-refractivity contribution in [2.24, 2.45) is 0 Å². The molecule has 2 nitrogen and oxygen atoms in total. The first-order valence-electron chi connectivity index (χ1n) is 4.77. The van der Waals surface area contributed by atoms with Gasteiger partial charge in [-0.05, 0) is 37.5 Å². The Morgan fingerprint density at radius 1 is 1.43 bits per heavy atom. The molecule has 0 saturated carbocycles. The molecule has 1 rings (SSSR count). The number of anilines is 1. The Morgan fingerprint density at radius 2 is 2.00 bits per heavy atom. The Bertz CT molecular complexity index is 303. The van der Waals surface area contributed by atoms with Gasteiger partial charge in [0.15, 0.2) is 0 Å². The van der Waals surface area contributed by atoms with Crippen LogP contribution in [0.3, 0.4) is 0 Å².